The van der Waals surface area contributed by atoms with Crippen molar-refractivity contribution in [2.24, 2.45) is 0 Å². The Hall–Kier alpha value is -2.76. The van der Waals surface area contributed by atoms with Crippen molar-refractivity contribution in [3.63, 3.8) is 0 Å². The number of benzene rings is 1. The van der Waals surface area contributed by atoms with Crippen molar-refractivity contribution in [2.45, 2.75) is 39.3 Å². The lowest BCUT2D eigenvalue weighted by Crippen LogP contribution is -2.44. The maximum atomic E-state index is 12.9. The minimum atomic E-state index is -0.624. The van der Waals surface area contributed by atoms with Gasteiger partial charge in [0.1, 0.15) is 24.0 Å². The summed E-state index contributed by atoms with van der Waals surface area (Å²) in [5.41, 5.74) is -0.0284. The molecule has 1 aliphatic heterocycles. The summed E-state index contributed by atoms with van der Waals surface area (Å²) in [5.74, 6) is 0.0882. The van der Waals surface area contributed by atoms with Gasteiger partial charge in [0, 0.05) is 32.1 Å². The molecule has 0 spiro atoms. The average molecular weight is 479 g/mol. The molecule has 0 bridgehead atoms. The SMILES string of the molecule is CC(=O)Oc1ccccc1C(=O)OC(CNC(C)(C)C)COc1nsnc1N1CCOCC1. The average Bonchev–Trinajstić information content (AvgIpc) is 3.24. The first kappa shape index (κ1) is 24.9. The second-order valence-corrected chi connectivity index (χ2v) is 9.08. The largest absolute Gasteiger partial charge is 0.470 e. The standard InChI is InChI=1S/C22H30N4O6S/c1-15(27)31-18-8-6-5-7-17(18)21(28)32-16(13-23-22(2,3)4)14-30-20-19(24-33-25-20)26-9-11-29-12-10-26/h5-8,16,23H,9-14H2,1-4H3. The lowest BCUT2D eigenvalue weighted by molar-refractivity contribution is -0.131. The molecule has 2 heterocycles. The van der Waals surface area contributed by atoms with E-state index < -0.39 is 18.0 Å². The topological polar surface area (TPSA) is 112 Å². The second kappa shape index (κ2) is 11.4. The van der Waals surface area contributed by atoms with Crippen LogP contribution in [0.25, 0.3) is 0 Å². The van der Waals surface area contributed by atoms with Gasteiger partial charge in [0.25, 0.3) is 5.88 Å². The molecule has 1 unspecified atom stereocenters. The van der Waals surface area contributed by atoms with Gasteiger partial charge in [-0.25, -0.2) is 4.79 Å². The van der Waals surface area contributed by atoms with Gasteiger partial charge < -0.3 is 29.2 Å². The quantitative estimate of drug-likeness (QED) is 0.425. The molecule has 0 aliphatic carbocycles. The molecule has 0 amide bonds. The van der Waals surface area contributed by atoms with Gasteiger partial charge in [-0.1, -0.05) is 12.1 Å². The molecule has 1 aromatic carbocycles. The van der Waals surface area contributed by atoms with E-state index in [9.17, 15) is 9.59 Å². The molecular weight excluding hydrogens is 448 g/mol. The lowest BCUT2D eigenvalue weighted by atomic mass is 10.1. The fraction of sp³-hybridized carbons (Fsp3) is 0.545. The smallest absolute Gasteiger partial charge is 0.342 e. The maximum absolute atomic E-state index is 12.9. The lowest BCUT2D eigenvalue weighted by Gasteiger charge is -2.27. The van der Waals surface area contributed by atoms with Gasteiger partial charge in [0.15, 0.2) is 0 Å². The fourth-order valence-electron chi connectivity index (χ4n) is 3.06. The first-order chi connectivity index (χ1) is 15.7. The van der Waals surface area contributed by atoms with Crippen molar-refractivity contribution in [1.29, 1.82) is 0 Å². The van der Waals surface area contributed by atoms with Crippen LogP contribution in [0.15, 0.2) is 24.3 Å². The monoisotopic (exact) mass is 478 g/mol. The van der Waals surface area contributed by atoms with Gasteiger partial charge in [-0.15, -0.1) is 4.37 Å². The summed E-state index contributed by atoms with van der Waals surface area (Å²) in [4.78, 5) is 26.4. The number of anilines is 1. The summed E-state index contributed by atoms with van der Waals surface area (Å²) in [6.07, 6.45) is -0.624. The Labute approximate surface area is 197 Å². The fourth-order valence-corrected chi connectivity index (χ4v) is 3.58. The Balaban J connectivity index is 1.70. The van der Waals surface area contributed by atoms with Crippen LogP contribution in [0.2, 0.25) is 0 Å². The molecule has 0 saturated carbocycles. The minimum Gasteiger partial charge on any atom is -0.470 e. The Morgan fingerprint density at radius 2 is 1.94 bits per heavy atom. The zero-order valence-corrected chi connectivity index (χ0v) is 20.1. The van der Waals surface area contributed by atoms with Crippen molar-refractivity contribution in [1.82, 2.24) is 14.1 Å². The van der Waals surface area contributed by atoms with Crippen LogP contribution in [0.5, 0.6) is 11.6 Å². The van der Waals surface area contributed by atoms with Crippen molar-refractivity contribution < 1.29 is 28.5 Å². The highest BCUT2D eigenvalue weighted by Gasteiger charge is 2.25. The third kappa shape index (κ3) is 7.65. The molecule has 10 nitrogen and oxygen atoms in total. The van der Waals surface area contributed by atoms with E-state index in [0.717, 1.165) is 11.7 Å². The van der Waals surface area contributed by atoms with E-state index in [1.807, 2.05) is 20.8 Å². The third-order valence-corrected chi connectivity index (χ3v) is 5.16. The summed E-state index contributed by atoms with van der Waals surface area (Å²) in [5, 5.41) is 3.33. The molecule has 33 heavy (non-hydrogen) atoms. The Kier molecular flexibility index (Phi) is 8.59. The van der Waals surface area contributed by atoms with E-state index in [-0.39, 0.29) is 23.5 Å². The van der Waals surface area contributed by atoms with Crippen LogP contribution < -0.4 is 19.7 Å². The van der Waals surface area contributed by atoms with Crippen molar-refractivity contribution in [3.05, 3.63) is 29.8 Å². The molecule has 11 heteroatoms. The van der Waals surface area contributed by atoms with Crippen molar-refractivity contribution in [2.75, 3.05) is 44.4 Å². The van der Waals surface area contributed by atoms with Crippen LogP contribution in [-0.2, 0) is 14.3 Å². The highest BCUT2D eigenvalue weighted by molar-refractivity contribution is 6.99. The zero-order valence-electron chi connectivity index (χ0n) is 19.3. The predicted molar refractivity (Wildman–Crippen MR) is 123 cm³/mol. The Bertz CT molecular complexity index is 939. The number of hydrogen-bond donors (Lipinski definition) is 1. The summed E-state index contributed by atoms with van der Waals surface area (Å²) < 4.78 is 30.8. The summed E-state index contributed by atoms with van der Waals surface area (Å²) in [6.45, 7) is 10.4. The summed E-state index contributed by atoms with van der Waals surface area (Å²) >= 11 is 1.07. The number of carbonyl (C=O) groups excluding carboxylic acids is 2. The molecule has 0 radical (unpaired) electrons. The molecule has 2 aromatic rings. The Morgan fingerprint density at radius 1 is 1.21 bits per heavy atom. The van der Waals surface area contributed by atoms with E-state index in [4.69, 9.17) is 18.9 Å². The molecule has 1 N–H and O–H groups in total. The highest BCUT2D eigenvalue weighted by Crippen LogP contribution is 2.27. The number of aromatic nitrogens is 2. The van der Waals surface area contributed by atoms with Gasteiger partial charge in [0.05, 0.1) is 24.9 Å². The Morgan fingerprint density at radius 3 is 2.64 bits per heavy atom. The van der Waals surface area contributed by atoms with Gasteiger partial charge in [0.2, 0.25) is 5.82 Å². The number of nitrogens with zero attached hydrogens (tertiary/aromatic N) is 3. The van der Waals surface area contributed by atoms with Crippen LogP contribution in [0.3, 0.4) is 0 Å². The molecule has 1 aliphatic rings. The second-order valence-electron chi connectivity index (χ2n) is 8.55. The molecule has 1 saturated heterocycles. The molecule has 1 aromatic heterocycles. The molecule has 1 fully saturated rings. The van der Waals surface area contributed by atoms with Crippen molar-refractivity contribution in [3.8, 4) is 11.6 Å². The van der Waals surface area contributed by atoms with Crippen LogP contribution in [0, 0.1) is 0 Å². The number of rotatable bonds is 9. The normalized spacial score (nSPS) is 15.1. The molecule has 180 valence electrons. The van der Waals surface area contributed by atoms with Gasteiger partial charge >= 0.3 is 11.9 Å². The number of morpholine rings is 1. The number of carbonyl (C=O) groups is 2. The molecule has 1 atom stereocenters. The van der Waals surface area contributed by atoms with E-state index in [0.29, 0.717) is 44.5 Å². The van der Waals surface area contributed by atoms with Gasteiger partial charge in [-0.2, -0.15) is 4.37 Å². The third-order valence-electron chi connectivity index (χ3n) is 4.65. The van der Waals surface area contributed by atoms with E-state index in [1.54, 1.807) is 24.3 Å². The minimum absolute atomic E-state index is 0.0767. The summed E-state index contributed by atoms with van der Waals surface area (Å²) in [7, 11) is 0. The number of esters is 2. The van der Waals surface area contributed by atoms with E-state index in [1.165, 1.54) is 6.92 Å². The van der Waals surface area contributed by atoms with E-state index in [2.05, 4.69) is 19.0 Å². The van der Waals surface area contributed by atoms with E-state index >= 15 is 0 Å². The van der Waals surface area contributed by atoms with Crippen LogP contribution in [0.1, 0.15) is 38.1 Å². The first-order valence-corrected chi connectivity index (χ1v) is 11.5. The van der Waals surface area contributed by atoms with Crippen LogP contribution in [-0.4, -0.2) is 71.8 Å². The van der Waals surface area contributed by atoms with Crippen LogP contribution >= 0.6 is 11.7 Å². The predicted octanol–water partition coefficient (Wildman–Crippen LogP) is 2.29. The number of ether oxygens (including phenoxy) is 4. The number of nitrogens with one attached hydrogen (secondary N) is 1. The summed E-state index contributed by atoms with van der Waals surface area (Å²) in [6, 6.07) is 6.46. The van der Waals surface area contributed by atoms with Gasteiger partial charge in [-0.05, 0) is 32.9 Å². The molecular formula is C22H30N4O6S. The van der Waals surface area contributed by atoms with Crippen molar-refractivity contribution >= 4 is 29.5 Å². The van der Waals surface area contributed by atoms with Gasteiger partial charge in [-0.3, -0.25) is 4.79 Å². The maximum Gasteiger partial charge on any atom is 0.342 e. The zero-order chi connectivity index (χ0) is 23.8. The highest BCUT2D eigenvalue weighted by atomic mass is 32.1. The first-order valence-electron chi connectivity index (χ1n) is 10.7. The number of hydrogen-bond acceptors (Lipinski definition) is 11. The molecule has 3 rings (SSSR count). The number of para-hydroxylation sites is 1. The van der Waals surface area contributed by atoms with Crippen LogP contribution in [0.4, 0.5) is 5.82 Å².